The van der Waals surface area contributed by atoms with Crippen molar-refractivity contribution >= 4 is 22.9 Å². The van der Waals surface area contributed by atoms with Gasteiger partial charge in [0, 0.05) is 36.1 Å². The van der Waals surface area contributed by atoms with Crippen LogP contribution in [0.25, 0.3) is 10.9 Å². The highest BCUT2D eigenvalue weighted by Crippen LogP contribution is 2.25. The Morgan fingerprint density at radius 2 is 1.35 bits per heavy atom. The van der Waals surface area contributed by atoms with E-state index in [1.807, 2.05) is 109 Å². The third-order valence-corrected chi connectivity index (χ3v) is 7.26. The normalized spacial score (nSPS) is 11.9. The predicted molar refractivity (Wildman–Crippen MR) is 180 cm³/mol. The number of rotatable bonds is 13. The molecule has 0 saturated heterocycles. The number of nitrogens with one attached hydrogen (secondary N) is 3. The summed E-state index contributed by atoms with van der Waals surface area (Å²) in [6.45, 7) is 6.56. The van der Waals surface area contributed by atoms with Crippen molar-refractivity contribution in [1.29, 1.82) is 0 Å². The summed E-state index contributed by atoms with van der Waals surface area (Å²) in [5.74, 6) is 1.06. The Balaban J connectivity index is 1.27. The lowest BCUT2D eigenvalue weighted by atomic mass is 10.0. The van der Waals surface area contributed by atoms with E-state index < -0.39 is 17.7 Å². The van der Waals surface area contributed by atoms with Crippen LogP contribution in [-0.2, 0) is 35.6 Å². The molecule has 3 N–H and O–H groups in total. The van der Waals surface area contributed by atoms with Crippen LogP contribution in [0.5, 0.6) is 11.5 Å². The number of carbonyl (C=O) groups is 2. The SMILES string of the molecule is CC(C)(C)OC(=O)N[C@@H](Cc1c[nH]c2ccccc12)C(=O)NCCc1cc(OCc2ccccc2)cc(OCc2ccccc2)c1. The number of hydrogen-bond acceptors (Lipinski definition) is 5. The van der Waals surface area contributed by atoms with Gasteiger partial charge in [-0.05, 0) is 67.6 Å². The van der Waals surface area contributed by atoms with E-state index in [1.54, 1.807) is 20.8 Å². The fourth-order valence-corrected chi connectivity index (χ4v) is 5.06. The van der Waals surface area contributed by atoms with Crippen LogP contribution in [0.3, 0.4) is 0 Å². The second-order valence-electron chi connectivity index (χ2n) is 12.2. The van der Waals surface area contributed by atoms with E-state index >= 15 is 0 Å². The van der Waals surface area contributed by atoms with Crippen LogP contribution in [0, 0.1) is 0 Å². The second kappa shape index (κ2) is 15.2. The van der Waals surface area contributed by atoms with Gasteiger partial charge in [-0.15, -0.1) is 0 Å². The van der Waals surface area contributed by atoms with Crippen molar-refractivity contribution in [2.75, 3.05) is 6.54 Å². The maximum Gasteiger partial charge on any atom is 0.408 e. The van der Waals surface area contributed by atoms with Gasteiger partial charge in [-0.2, -0.15) is 0 Å². The van der Waals surface area contributed by atoms with Gasteiger partial charge in [0.1, 0.15) is 36.4 Å². The van der Waals surface area contributed by atoms with E-state index in [4.69, 9.17) is 14.2 Å². The fraction of sp³-hybridized carbons (Fsp3) is 0.263. The number of alkyl carbamates (subject to hydrolysis) is 1. The molecule has 46 heavy (non-hydrogen) atoms. The predicted octanol–water partition coefficient (Wildman–Crippen LogP) is 7.12. The third kappa shape index (κ3) is 9.63. The molecule has 0 bridgehead atoms. The molecule has 0 spiro atoms. The summed E-state index contributed by atoms with van der Waals surface area (Å²) in [6.07, 6.45) is 2.06. The molecule has 238 valence electrons. The largest absolute Gasteiger partial charge is 0.489 e. The van der Waals surface area contributed by atoms with Gasteiger partial charge in [0.25, 0.3) is 0 Å². The minimum absolute atomic E-state index is 0.298. The Kier molecular flexibility index (Phi) is 10.6. The number of ether oxygens (including phenoxy) is 3. The molecule has 1 atom stereocenters. The highest BCUT2D eigenvalue weighted by atomic mass is 16.6. The molecular formula is C38H41N3O5. The molecule has 0 unspecified atom stereocenters. The lowest BCUT2D eigenvalue weighted by Crippen LogP contribution is -2.49. The van der Waals surface area contributed by atoms with E-state index in [0.717, 1.165) is 33.2 Å². The van der Waals surface area contributed by atoms with Gasteiger partial charge >= 0.3 is 6.09 Å². The zero-order chi connectivity index (χ0) is 32.4. The highest BCUT2D eigenvalue weighted by Gasteiger charge is 2.25. The van der Waals surface area contributed by atoms with Crippen LogP contribution in [-0.4, -0.2) is 35.2 Å². The third-order valence-electron chi connectivity index (χ3n) is 7.26. The molecule has 8 nitrogen and oxygen atoms in total. The van der Waals surface area contributed by atoms with E-state index in [9.17, 15) is 9.59 Å². The topological polar surface area (TPSA) is 102 Å². The Bertz CT molecular complexity index is 1670. The number of H-pyrrole nitrogens is 1. The molecule has 8 heteroatoms. The molecule has 0 aliphatic heterocycles. The maximum absolute atomic E-state index is 13.5. The summed E-state index contributed by atoms with van der Waals surface area (Å²) in [5, 5.41) is 6.80. The number of carbonyl (C=O) groups excluding carboxylic acids is 2. The van der Waals surface area contributed by atoms with E-state index in [2.05, 4.69) is 15.6 Å². The van der Waals surface area contributed by atoms with E-state index in [0.29, 0.717) is 44.1 Å². The van der Waals surface area contributed by atoms with Gasteiger partial charge in [0.15, 0.2) is 0 Å². The number of amides is 2. The first-order chi connectivity index (χ1) is 22.2. The number of para-hydroxylation sites is 1. The van der Waals surface area contributed by atoms with E-state index in [1.165, 1.54) is 0 Å². The van der Waals surface area contributed by atoms with Crippen molar-refractivity contribution in [3.8, 4) is 11.5 Å². The zero-order valence-corrected chi connectivity index (χ0v) is 26.5. The average molecular weight is 620 g/mol. The Morgan fingerprint density at radius 1 is 0.761 bits per heavy atom. The van der Waals surface area contributed by atoms with Crippen molar-refractivity contribution in [3.05, 3.63) is 132 Å². The van der Waals surface area contributed by atoms with Gasteiger partial charge in [0.2, 0.25) is 5.91 Å². The Hall–Kier alpha value is -5.24. The molecule has 2 amide bonds. The minimum atomic E-state index is -0.834. The van der Waals surface area contributed by atoms with Crippen LogP contribution in [0.15, 0.2) is 109 Å². The van der Waals surface area contributed by atoms with Gasteiger partial charge in [-0.1, -0.05) is 78.9 Å². The Morgan fingerprint density at radius 3 is 1.96 bits per heavy atom. The van der Waals surface area contributed by atoms with Crippen molar-refractivity contribution in [3.63, 3.8) is 0 Å². The minimum Gasteiger partial charge on any atom is -0.489 e. The Labute approximate surface area is 270 Å². The molecule has 5 rings (SSSR count). The lowest BCUT2D eigenvalue weighted by Gasteiger charge is -2.23. The van der Waals surface area contributed by atoms with E-state index in [-0.39, 0.29) is 5.91 Å². The average Bonchev–Trinajstić information content (AvgIpc) is 3.45. The first-order valence-corrected chi connectivity index (χ1v) is 15.5. The molecule has 0 saturated carbocycles. The molecule has 0 aliphatic carbocycles. The number of aromatic amines is 1. The number of hydrogen-bond donors (Lipinski definition) is 3. The fourth-order valence-electron chi connectivity index (χ4n) is 5.06. The smallest absolute Gasteiger partial charge is 0.408 e. The summed E-state index contributed by atoms with van der Waals surface area (Å²) < 4.78 is 17.7. The number of aromatic nitrogens is 1. The summed E-state index contributed by atoms with van der Waals surface area (Å²) >= 11 is 0. The number of benzene rings is 4. The molecule has 0 radical (unpaired) electrons. The summed E-state index contributed by atoms with van der Waals surface area (Å²) in [4.78, 5) is 29.5. The highest BCUT2D eigenvalue weighted by molar-refractivity contribution is 5.88. The van der Waals surface area contributed by atoms with Gasteiger partial charge in [0.05, 0.1) is 0 Å². The first-order valence-electron chi connectivity index (χ1n) is 15.5. The quantitative estimate of drug-likeness (QED) is 0.130. The van der Waals surface area contributed by atoms with Gasteiger partial charge in [-0.3, -0.25) is 4.79 Å². The van der Waals surface area contributed by atoms with Crippen molar-refractivity contribution in [1.82, 2.24) is 15.6 Å². The molecule has 1 aromatic heterocycles. The summed E-state index contributed by atoms with van der Waals surface area (Å²) in [5.41, 5.74) is 4.27. The molecule has 0 fully saturated rings. The van der Waals surface area contributed by atoms with Crippen LogP contribution in [0.4, 0.5) is 4.79 Å². The van der Waals surface area contributed by atoms with Crippen LogP contribution < -0.4 is 20.1 Å². The molecule has 4 aromatic carbocycles. The number of fused-ring (bicyclic) bond motifs is 1. The standard InChI is InChI=1S/C38H41N3O5/c1-38(2,3)46-37(43)41-35(22-30-24-40-34-17-11-10-16-33(30)34)36(42)39-19-18-29-20-31(44-25-27-12-6-4-7-13-27)23-32(21-29)45-26-28-14-8-5-9-15-28/h4-17,20-21,23-24,35,40H,18-19,22,25-26H2,1-3H3,(H,39,42)(H,41,43)/t35-/m0/s1. The zero-order valence-electron chi connectivity index (χ0n) is 26.5. The second-order valence-corrected chi connectivity index (χ2v) is 12.2. The van der Waals surface area contributed by atoms with Crippen LogP contribution >= 0.6 is 0 Å². The van der Waals surface area contributed by atoms with Gasteiger partial charge < -0.3 is 29.8 Å². The molecule has 1 heterocycles. The summed E-state index contributed by atoms with van der Waals surface area (Å²) in [6, 6.07) is 32.8. The van der Waals surface area contributed by atoms with Crippen molar-refractivity contribution in [2.45, 2.75) is 58.5 Å². The molecular weight excluding hydrogens is 578 g/mol. The molecule has 5 aromatic rings. The monoisotopic (exact) mass is 619 g/mol. The first kappa shape index (κ1) is 32.2. The van der Waals surface area contributed by atoms with Crippen molar-refractivity contribution in [2.24, 2.45) is 0 Å². The van der Waals surface area contributed by atoms with Crippen LogP contribution in [0.1, 0.15) is 43.0 Å². The van der Waals surface area contributed by atoms with Gasteiger partial charge in [-0.25, -0.2) is 4.79 Å². The molecule has 0 aliphatic rings. The maximum atomic E-state index is 13.5. The lowest BCUT2D eigenvalue weighted by molar-refractivity contribution is -0.123. The summed E-state index contributed by atoms with van der Waals surface area (Å²) in [7, 11) is 0. The van der Waals surface area contributed by atoms with Crippen molar-refractivity contribution < 1.29 is 23.8 Å². The van der Waals surface area contributed by atoms with Crippen LogP contribution in [0.2, 0.25) is 0 Å².